The van der Waals surface area contributed by atoms with E-state index in [-0.39, 0.29) is 12.6 Å². The lowest BCUT2D eigenvalue weighted by atomic mass is 10.1. The number of anilines is 2. The third-order valence-electron chi connectivity index (χ3n) is 6.65. The maximum atomic E-state index is 9.61. The van der Waals surface area contributed by atoms with Crippen LogP contribution in [0.3, 0.4) is 0 Å². The van der Waals surface area contributed by atoms with E-state index in [1.54, 1.807) is 18.9 Å². The summed E-state index contributed by atoms with van der Waals surface area (Å²) in [5.74, 6) is 3.42. The maximum Gasteiger partial charge on any atom is 0.225 e. The van der Waals surface area contributed by atoms with E-state index >= 15 is 0 Å². The Labute approximate surface area is 210 Å². The number of nitrogens with one attached hydrogen (secondary N) is 2. The van der Waals surface area contributed by atoms with Crippen molar-refractivity contribution >= 4 is 34.3 Å². The molecule has 8 heteroatoms. The minimum Gasteiger partial charge on any atom is -0.496 e. The lowest BCUT2D eigenvalue weighted by molar-refractivity contribution is 0.229. The minimum absolute atomic E-state index is 0.235. The fraction of sp³-hybridized carbons (Fsp3) is 0.370. The number of benzene rings is 2. The van der Waals surface area contributed by atoms with Gasteiger partial charge in [0.1, 0.15) is 16.6 Å². The zero-order valence-electron chi connectivity index (χ0n) is 20.1. The van der Waals surface area contributed by atoms with Gasteiger partial charge in [-0.2, -0.15) is 4.98 Å². The summed E-state index contributed by atoms with van der Waals surface area (Å²) in [6.45, 7) is 2.81. The molecule has 1 aliphatic heterocycles. The van der Waals surface area contributed by atoms with Crippen LogP contribution in [0.2, 0.25) is 0 Å². The number of rotatable bonds is 8. The van der Waals surface area contributed by atoms with Gasteiger partial charge in [-0.15, -0.1) is 11.8 Å². The van der Waals surface area contributed by atoms with Crippen LogP contribution in [0.1, 0.15) is 41.6 Å². The molecule has 0 spiro atoms. The van der Waals surface area contributed by atoms with E-state index in [4.69, 9.17) is 19.7 Å². The molecule has 1 aliphatic carbocycles. The van der Waals surface area contributed by atoms with Crippen molar-refractivity contribution in [2.24, 2.45) is 10.9 Å². The van der Waals surface area contributed by atoms with Crippen molar-refractivity contribution < 1.29 is 9.84 Å². The van der Waals surface area contributed by atoms with Crippen LogP contribution in [0.5, 0.6) is 5.75 Å². The van der Waals surface area contributed by atoms with Gasteiger partial charge in [0, 0.05) is 30.5 Å². The zero-order chi connectivity index (χ0) is 24.2. The molecule has 3 aromatic rings. The van der Waals surface area contributed by atoms with Crippen molar-refractivity contribution in [2.45, 2.75) is 44.5 Å². The normalized spacial score (nSPS) is 19.1. The second kappa shape index (κ2) is 10.7. The number of aliphatic hydroxyl groups is 1. The number of nitrogens with zero attached hydrogens (tertiary/aromatic N) is 3. The summed E-state index contributed by atoms with van der Waals surface area (Å²) in [5.41, 5.74) is 5.13. The van der Waals surface area contributed by atoms with Gasteiger partial charge in [-0.1, -0.05) is 36.4 Å². The topological polar surface area (TPSA) is 91.7 Å². The maximum absolute atomic E-state index is 9.61. The van der Waals surface area contributed by atoms with Gasteiger partial charge in [0.2, 0.25) is 5.95 Å². The van der Waals surface area contributed by atoms with Gasteiger partial charge in [0.05, 0.1) is 24.1 Å². The van der Waals surface area contributed by atoms with Crippen molar-refractivity contribution in [2.75, 3.05) is 24.4 Å². The Bertz CT molecular complexity index is 1230. The molecule has 35 heavy (non-hydrogen) atoms. The fourth-order valence-corrected chi connectivity index (χ4v) is 5.85. The first-order valence-corrected chi connectivity index (χ1v) is 13.0. The van der Waals surface area contributed by atoms with Gasteiger partial charge in [-0.25, -0.2) is 9.98 Å². The number of hydrogen-bond donors (Lipinski definition) is 3. The second-order valence-corrected chi connectivity index (χ2v) is 10.0. The molecule has 182 valence electrons. The van der Waals surface area contributed by atoms with Crippen LogP contribution in [0.25, 0.3) is 0 Å². The summed E-state index contributed by atoms with van der Waals surface area (Å²) in [6, 6.07) is 16.5. The quantitative estimate of drug-likeness (QED) is 0.395. The van der Waals surface area contributed by atoms with Crippen LogP contribution < -0.4 is 15.4 Å². The number of fused-ring (bicyclic) bond motifs is 1. The van der Waals surface area contributed by atoms with Gasteiger partial charge in [0.25, 0.3) is 0 Å². The van der Waals surface area contributed by atoms with Crippen molar-refractivity contribution in [1.82, 2.24) is 9.97 Å². The summed E-state index contributed by atoms with van der Waals surface area (Å²) in [6.07, 6.45) is 2.97. The van der Waals surface area contributed by atoms with Gasteiger partial charge < -0.3 is 20.5 Å². The second-order valence-electron chi connectivity index (χ2n) is 9.06. The molecule has 0 amide bonds. The number of aliphatic imine (C=N–C) groups is 1. The van der Waals surface area contributed by atoms with Crippen molar-refractivity contribution in [3.8, 4) is 5.75 Å². The first-order valence-electron chi connectivity index (χ1n) is 12.1. The first kappa shape index (κ1) is 23.6. The van der Waals surface area contributed by atoms with Gasteiger partial charge in [-0.05, 0) is 49.8 Å². The van der Waals surface area contributed by atoms with E-state index in [9.17, 15) is 5.11 Å². The number of ether oxygens (including phenoxy) is 1. The summed E-state index contributed by atoms with van der Waals surface area (Å²) in [4.78, 5) is 14.7. The molecule has 3 N–H and O–H groups in total. The molecule has 1 fully saturated rings. The molecule has 1 aromatic heterocycles. The SMILES string of the molecule is COc1ccccc1CNc1nc(C)c(C2=Nc3ccccc3CS2)c(NC2CCC(CO)C2)n1. The first-order chi connectivity index (χ1) is 17.1. The molecule has 0 radical (unpaired) electrons. The van der Waals surface area contributed by atoms with Gasteiger partial charge in [-0.3, -0.25) is 0 Å². The summed E-state index contributed by atoms with van der Waals surface area (Å²) >= 11 is 1.72. The Balaban J connectivity index is 1.47. The average molecular weight is 490 g/mol. The molecule has 0 saturated heterocycles. The van der Waals surface area contributed by atoms with Crippen LogP contribution in [-0.2, 0) is 12.3 Å². The molecular weight excluding hydrogens is 458 g/mol. The zero-order valence-corrected chi connectivity index (χ0v) is 20.9. The number of aliphatic hydroxyl groups excluding tert-OH is 1. The lowest BCUT2D eigenvalue weighted by Gasteiger charge is -2.22. The van der Waals surface area contributed by atoms with Crippen LogP contribution in [0.4, 0.5) is 17.5 Å². The highest BCUT2D eigenvalue weighted by Crippen LogP contribution is 2.37. The van der Waals surface area contributed by atoms with E-state index < -0.39 is 0 Å². The highest BCUT2D eigenvalue weighted by molar-refractivity contribution is 8.13. The third kappa shape index (κ3) is 5.28. The Kier molecular flexibility index (Phi) is 7.20. The number of para-hydroxylation sites is 2. The molecular formula is C27H31N5O2S. The van der Waals surface area contributed by atoms with E-state index in [1.165, 1.54) is 5.56 Å². The third-order valence-corrected chi connectivity index (χ3v) is 7.68. The van der Waals surface area contributed by atoms with E-state index in [0.717, 1.165) is 64.1 Å². The van der Waals surface area contributed by atoms with Crippen LogP contribution >= 0.6 is 11.8 Å². The molecule has 2 atom stereocenters. The Morgan fingerprint density at radius 3 is 2.74 bits per heavy atom. The summed E-state index contributed by atoms with van der Waals surface area (Å²) in [5, 5.41) is 17.6. The summed E-state index contributed by atoms with van der Waals surface area (Å²) in [7, 11) is 1.68. The smallest absolute Gasteiger partial charge is 0.225 e. The Hall–Kier alpha value is -3.10. The highest BCUT2D eigenvalue weighted by atomic mass is 32.2. The monoisotopic (exact) mass is 489 g/mol. The van der Waals surface area contributed by atoms with Crippen LogP contribution in [0.15, 0.2) is 53.5 Å². The van der Waals surface area contributed by atoms with Crippen molar-refractivity contribution in [3.63, 3.8) is 0 Å². The van der Waals surface area contributed by atoms with E-state index in [2.05, 4.69) is 28.8 Å². The lowest BCUT2D eigenvalue weighted by Crippen LogP contribution is -2.21. The molecule has 2 heterocycles. The number of aryl methyl sites for hydroxylation is 1. The largest absolute Gasteiger partial charge is 0.496 e. The summed E-state index contributed by atoms with van der Waals surface area (Å²) < 4.78 is 5.49. The Morgan fingerprint density at radius 1 is 1.09 bits per heavy atom. The van der Waals surface area contributed by atoms with Crippen molar-refractivity contribution in [3.05, 3.63) is 70.9 Å². The molecule has 7 nitrogen and oxygen atoms in total. The fourth-order valence-electron chi connectivity index (χ4n) is 4.76. The Morgan fingerprint density at radius 2 is 1.91 bits per heavy atom. The predicted molar refractivity (Wildman–Crippen MR) is 143 cm³/mol. The molecule has 0 bridgehead atoms. The van der Waals surface area contributed by atoms with Crippen LogP contribution in [0, 0.1) is 12.8 Å². The molecule has 2 aromatic carbocycles. The number of hydrogen-bond acceptors (Lipinski definition) is 8. The van der Waals surface area contributed by atoms with Crippen molar-refractivity contribution in [1.29, 1.82) is 0 Å². The molecule has 2 unspecified atom stereocenters. The van der Waals surface area contributed by atoms with Gasteiger partial charge >= 0.3 is 0 Å². The van der Waals surface area contributed by atoms with E-state index in [1.807, 2.05) is 37.3 Å². The number of thioether (sulfide) groups is 1. The molecule has 5 rings (SSSR count). The number of methoxy groups -OCH3 is 1. The van der Waals surface area contributed by atoms with E-state index in [0.29, 0.717) is 18.4 Å². The molecule has 2 aliphatic rings. The molecule has 1 saturated carbocycles. The standard InChI is InChI=1S/C27H31N5O2S/c1-17-24(26-31-22-9-5-3-8-20(22)16-35-26)25(30-21-12-11-18(13-21)15-33)32-27(29-17)28-14-19-7-4-6-10-23(19)34-2/h3-10,18,21,33H,11-16H2,1-2H3,(H2,28,29,30,32). The number of aromatic nitrogens is 2. The predicted octanol–water partition coefficient (Wildman–Crippen LogP) is 5.30. The average Bonchev–Trinajstić information content (AvgIpc) is 3.35. The van der Waals surface area contributed by atoms with Crippen LogP contribution in [-0.4, -0.2) is 39.9 Å². The van der Waals surface area contributed by atoms with Gasteiger partial charge in [0.15, 0.2) is 0 Å². The minimum atomic E-state index is 0.235. The highest BCUT2D eigenvalue weighted by Gasteiger charge is 2.27.